The molecule has 0 saturated carbocycles. The minimum atomic E-state index is -4.45. The van der Waals surface area contributed by atoms with E-state index in [2.05, 4.69) is 0 Å². The Morgan fingerprint density at radius 2 is 1.29 bits per heavy atom. The van der Waals surface area contributed by atoms with Crippen LogP contribution >= 0.6 is 0 Å². The number of alkyl halides is 6. The van der Waals surface area contributed by atoms with Gasteiger partial charge in [0.05, 0.1) is 23.3 Å². The molecule has 3 nitrogen and oxygen atoms in total. The maximum Gasteiger partial charge on any atom is 0.394 e. The number of halogens is 6. The van der Waals surface area contributed by atoms with Crippen LogP contribution in [-0.2, 0) is 4.79 Å². The molecule has 0 aromatic rings. The van der Waals surface area contributed by atoms with Gasteiger partial charge in [0, 0.05) is 6.42 Å². The molecule has 0 fully saturated rings. The SMILES string of the molecule is CC(C)(CC#N)C(F)(F)F.CC(C)(CC(=O)O)C(F)(F)F. The number of aliphatic carboxylic acids is 1. The van der Waals surface area contributed by atoms with E-state index in [1.54, 1.807) is 0 Å². The summed E-state index contributed by atoms with van der Waals surface area (Å²) in [6, 6.07) is 1.49. The summed E-state index contributed by atoms with van der Waals surface area (Å²) in [5.41, 5.74) is -4.01. The number of hydrogen-bond acceptors (Lipinski definition) is 2. The van der Waals surface area contributed by atoms with E-state index in [4.69, 9.17) is 10.4 Å². The van der Waals surface area contributed by atoms with Crippen LogP contribution in [0, 0.1) is 22.2 Å². The summed E-state index contributed by atoms with van der Waals surface area (Å²) >= 11 is 0. The molecule has 0 unspecified atom stereocenters. The number of carboxylic acid groups (broad SMARTS) is 1. The first kappa shape index (κ1) is 21.8. The maximum absolute atomic E-state index is 11.9. The van der Waals surface area contributed by atoms with Gasteiger partial charge < -0.3 is 5.11 Å². The van der Waals surface area contributed by atoms with E-state index < -0.39 is 42.0 Å². The summed E-state index contributed by atoms with van der Waals surface area (Å²) in [7, 11) is 0. The van der Waals surface area contributed by atoms with Crippen molar-refractivity contribution in [2.75, 3.05) is 0 Å². The second kappa shape index (κ2) is 7.00. The van der Waals surface area contributed by atoms with Gasteiger partial charge in [-0.25, -0.2) is 0 Å². The first-order valence-corrected chi connectivity index (χ1v) is 5.70. The molecule has 0 radical (unpaired) electrons. The Balaban J connectivity index is 0. The van der Waals surface area contributed by atoms with Crippen molar-refractivity contribution in [1.82, 2.24) is 0 Å². The molecule has 0 amide bonds. The Hall–Kier alpha value is -1.46. The van der Waals surface area contributed by atoms with Crippen molar-refractivity contribution in [3.63, 3.8) is 0 Å². The van der Waals surface area contributed by atoms with Crippen molar-refractivity contribution in [2.45, 2.75) is 52.9 Å². The fraction of sp³-hybridized carbons (Fsp3) is 0.833. The van der Waals surface area contributed by atoms with E-state index in [0.717, 1.165) is 27.7 Å². The molecule has 0 spiro atoms. The van der Waals surface area contributed by atoms with Gasteiger partial charge in [0.15, 0.2) is 0 Å². The summed E-state index contributed by atoms with van der Waals surface area (Å²) in [4.78, 5) is 9.96. The van der Waals surface area contributed by atoms with Crippen LogP contribution in [0.2, 0.25) is 0 Å². The standard InChI is InChI=1S/C6H8F3N.C6H9F3O2/c1-5(2,3-4-10)6(7,8)9;1-5(2,3-4(10)11)6(7,8)9/h3H2,1-2H3;3H2,1-2H3,(H,10,11). The first-order valence-electron chi connectivity index (χ1n) is 5.70. The molecule has 0 atom stereocenters. The van der Waals surface area contributed by atoms with E-state index in [0.29, 0.717) is 0 Å². The van der Waals surface area contributed by atoms with Gasteiger partial charge >= 0.3 is 18.3 Å². The van der Waals surface area contributed by atoms with Crippen molar-refractivity contribution in [3.05, 3.63) is 0 Å². The van der Waals surface area contributed by atoms with E-state index in [9.17, 15) is 31.1 Å². The number of nitrogens with zero attached hydrogens (tertiary/aromatic N) is 1. The topological polar surface area (TPSA) is 61.1 Å². The Morgan fingerprint density at radius 3 is 1.38 bits per heavy atom. The predicted octanol–water partition coefficient (Wildman–Crippen LogP) is 4.54. The van der Waals surface area contributed by atoms with Crippen LogP contribution in [0.25, 0.3) is 0 Å². The predicted molar refractivity (Wildman–Crippen MR) is 62.2 cm³/mol. The molecule has 1 N–H and O–H groups in total. The van der Waals surface area contributed by atoms with Crippen LogP contribution in [0.1, 0.15) is 40.5 Å². The molecule has 0 aliphatic heterocycles. The third-order valence-corrected chi connectivity index (χ3v) is 2.65. The van der Waals surface area contributed by atoms with E-state index in [1.165, 1.54) is 6.07 Å². The van der Waals surface area contributed by atoms with Gasteiger partial charge in [0.2, 0.25) is 0 Å². The number of hydrogen-bond donors (Lipinski definition) is 1. The van der Waals surface area contributed by atoms with Gasteiger partial charge in [-0.15, -0.1) is 0 Å². The highest BCUT2D eigenvalue weighted by Crippen LogP contribution is 2.40. The largest absolute Gasteiger partial charge is 0.481 e. The lowest BCUT2D eigenvalue weighted by Gasteiger charge is -2.25. The van der Waals surface area contributed by atoms with Crippen molar-refractivity contribution in [1.29, 1.82) is 5.26 Å². The number of carboxylic acids is 1. The summed E-state index contributed by atoms with van der Waals surface area (Å²) < 4.78 is 71.4. The average molecular weight is 321 g/mol. The second-order valence-electron chi connectivity index (χ2n) is 5.67. The summed E-state index contributed by atoms with van der Waals surface area (Å²) in [5, 5.41) is 16.1. The first-order chi connectivity index (χ1) is 8.98. The number of nitriles is 1. The van der Waals surface area contributed by atoms with Crippen LogP contribution in [0.15, 0.2) is 0 Å². The maximum atomic E-state index is 11.9. The fourth-order valence-electron chi connectivity index (χ4n) is 0.776. The van der Waals surface area contributed by atoms with Crippen molar-refractivity contribution in [2.24, 2.45) is 10.8 Å². The number of carbonyl (C=O) groups is 1. The highest BCUT2D eigenvalue weighted by Gasteiger charge is 2.48. The van der Waals surface area contributed by atoms with Crippen LogP contribution in [0.4, 0.5) is 26.3 Å². The van der Waals surface area contributed by atoms with Crippen LogP contribution in [0.3, 0.4) is 0 Å². The molecule has 0 rings (SSSR count). The third-order valence-electron chi connectivity index (χ3n) is 2.65. The Morgan fingerprint density at radius 1 is 0.952 bits per heavy atom. The van der Waals surface area contributed by atoms with Crippen LogP contribution in [0.5, 0.6) is 0 Å². The average Bonchev–Trinajstić information content (AvgIpc) is 2.12. The molecule has 0 heterocycles. The molecule has 0 aromatic carbocycles. The molecule has 0 saturated heterocycles. The van der Waals surface area contributed by atoms with Gasteiger partial charge in [0.1, 0.15) is 0 Å². The highest BCUT2D eigenvalue weighted by atomic mass is 19.4. The van der Waals surface area contributed by atoms with Gasteiger partial charge in [-0.3, -0.25) is 4.79 Å². The zero-order chi connectivity index (χ0) is 17.7. The zero-order valence-corrected chi connectivity index (χ0v) is 12.0. The normalized spacial score (nSPS) is 13.0. The smallest absolute Gasteiger partial charge is 0.394 e. The molecular weight excluding hydrogens is 304 g/mol. The van der Waals surface area contributed by atoms with Crippen molar-refractivity contribution in [3.8, 4) is 6.07 Å². The zero-order valence-electron chi connectivity index (χ0n) is 12.0. The molecule has 21 heavy (non-hydrogen) atoms. The van der Waals surface area contributed by atoms with Gasteiger partial charge in [-0.2, -0.15) is 31.6 Å². The van der Waals surface area contributed by atoms with Crippen molar-refractivity contribution >= 4 is 5.97 Å². The van der Waals surface area contributed by atoms with Crippen LogP contribution in [-0.4, -0.2) is 23.4 Å². The van der Waals surface area contributed by atoms with E-state index in [-0.39, 0.29) is 0 Å². The lowest BCUT2D eigenvalue weighted by atomic mass is 9.89. The Labute approximate surface area is 118 Å². The molecule has 0 aliphatic rings. The van der Waals surface area contributed by atoms with E-state index >= 15 is 0 Å². The van der Waals surface area contributed by atoms with E-state index in [1.807, 2.05) is 0 Å². The fourth-order valence-corrected chi connectivity index (χ4v) is 0.776. The number of rotatable bonds is 3. The molecular formula is C12H17F6NO2. The Kier molecular flexibility index (Phi) is 7.28. The highest BCUT2D eigenvalue weighted by molar-refractivity contribution is 5.67. The summed E-state index contributed by atoms with van der Waals surface area (Å²) in [6.07, 6.45) is -10.1. The molecule has 0 bridgehead atoms. The summed E-state index contributed by atoms with van der Waals surface area (Å²) in [6.45, 7) is 3.74. The van der Waals surface area contributed by atoms with Gasteiger partial charge in [0.25, 0.3) is 0 Å². The Bertz CT molecular complexity index is 390. The molecule has 9 heteroatoms. The molecule has 0 aromatic heterocycles. The third kappa shape index (κ3) is 7.78. The summed E-state index contributed by atoms with van der Waals surface area (Å²) in [5.74, 6) is -1.44. The van der Waals surface area contributed by atoms with Crippen molar-refractivity contribution < 1.29 is 36.2 Å². The quantitative estimate of drug-likeness (QED) is 0.776. The molecule has 124 valence electrons. The van der Waals surface area contributed by atoms with Gasteiger partial charge in [-0.05, 0) is 0 Å². The lowest BCUT2D eigenvalue weighted by Crippen LogP contribution is -2.34. The second-order valence-corrected chi connectivity index (χ2v) is 5.67. The monoisotopic (exact) mass is 321 g/mol. The molecule has 0 aliphatic carbocycles. The minimum Gasteiger partial charge on any atom is -0.481 e. The van der Waals surface area contributed by atoms with Crippen LogP contribution < -0.4 is 0 Å². The van der Waals surface area contributed by atoms with Gasteiger partial charge in [-0.1, -0.05) is 27.7 Å². The lowest BCUT2D eigenvalue weighted by molar-refractivity contribution is -0.216. The minimum absolute atomic E-state index is 0.490.